The molecule has 1 unspecified atom stereocenters. The van der Waals surface area contributed by atoms with E-state index in [1.165, 1.54) is 24.0 Å². The third-order valence-electron chi connectivity index (χ3n) is 3.74. The maximum atomic E-state index is 12.0. The van der Waals surface area contributed by atoms with Crippen LogP contribution >= 0.6 is 15.9 Å². The molecular formula is C17H26BrNO. The van der Waals surface area contributed by atoms with E-state index in [1.54, 1.807) is 0 Å². The number of carbonyl (C=O) groups excluding carboxylic acids is 1. The van der Waals surface area contributed by atoms with Crippen molar-refractivity contribution < 1.29 is 4.79 Å². The van der Waals surface area contributed by atoms with Crippen LogP contribution in [0.1, 0.15) is 42.9 Å². The van der Waals surface area contributed by atoms with Gasteiger partial charge in [-0.1, -0.05) is 47.5 Å². The van der Waals surface area contributed by atoms with Gasteiger partial charge in [0.05, 0.1) is 6.42 Å². The first-order valence-corrected chi connectivity index (χ1v) is 8.57. The van der Waals surface area contributed by atoms with Crippen molar-refractivity contribution in [1.29, 1.82) is 0 Å². The van der Waals surface area contributed by atoms with Gasteiger partial charge in [-0.2, -0.15) is 0 Å². The topological polar surface area (TPSA) is 29.1 Å². The Kier molecular flexibility index (Phi) is 7.90. The zero-order valence-corrected chi connectivity index (χ0v) is 14.4. The fraction of sp³-hybridized carbons (Fsp3) is 0.588. The number of amides is 1. The molecule has 0 bridgehead atoms. The predicted molar refractivity (Wildman–Crippen MR) is 89.4 cm³/mol. The van der Waals surface area contributed by atoms with Crippen LogP contribution in [0.5, 0.6) is 0 Å². The summed E-state index contributed by atoms with van der Waals surface area (Å²) in [5.74, 6) is 0.715. The number of aryl methyl sites for hydroxylation is 2. The molecule has 0 saturated heterocycles. The molecular weight excluding hydrogens is 314 g/mol. The Balaban J connectivity index is 2.44. The lowest BCUT2D eigenvalue weighted by Gasteiger charge is -2.15. The van der Waals surface area contributed by atoms with Gasteiger partial charge in [0.15, 0.2) is 0 Å². The molecule has 1 amide bonds. The van der Waals surface area contributed by atoms with Crippen molar-refractivity contribution in [2.75, 3.05) is 11.9 Å². The quantitative estimate of drug-likeness (QED) is 0.707. The summed E-state index contributed by atoms with van der Waals surface area (Å²) in [6, 6.07) is 6.24. The number of hydrogen-bond donors (Lipinski definition) is 1. The van der Waals surface area contributed by atoms with Gasteiger partial charge >= 0.3 is 0 Å². The van der Waals surface area contributed by atoms with E-state index in [2.05, 4.69) is 54.2 Å². The predicted octanol–water partition coefficient (Wildman–Crippen LogP) is 4.16. The average molecular weight is 340 g/mol. The molecule has 0 radical (unpaired) electrons. The van der Waals surface area contributed by atoms with E-state index in [0.717, 1.165) is 23.9 Å². The van der Waals surface area contributed by atoms with Crippen molar-refractivity contribution in [2.45, 2.75) is 46.5 Å². The molecule has 0 fully saturated rings. The van der Waals surface area contributed by atoms with Crippen LogP contribution in [-0.2, 0) is 11.2 Å². The molecule has 0 aliphatic rings. The number of hydrogen-bond acceptors (Lipinski definition) is 1. The van der Waals surface area contributed by atoms with E-state index in [9.17, 15) is 4.79 Å². The first kappa shape index (κ1) is 17.2. The van der Waals surface area contributed by atoms with Crippen LogP contribution in [-0.4, -0.2) is 17.8 Å². The number of halogens is 1. The normalized spacial score (nSPS) is 12.2. The summed E-state index contributed by atoms with van der Waals surface area (Å²) in [6.07, 6.45) is 3.95. The lowest BCUT2D eigenvalue weighted by molar-refractivity contribution is -0.120. The number of rotatable bonds is 8. The molecule has 0 spiro atoms. The summed E-state index contributed by atoms with van der Waals surface area (Å²) in [7, 11) is 0. The second-order valence-corrected chi connectivity index (χ2v) is 6.32. The van der Waals surface area contributed by atoms with Gasteiger partial charge in [-0.15, -0.1) is 0 Å². The summed E-state index contributed by atoms with van der Waals surface area (Å²) >= 11 is 3.48. The van der Waals surface area contributed by atoms with Crippen LogP contribution in [0.3, 0.4) is 0 Å². The Bertz CT molecular complexity index is 425. The molecule has 0 heterocycles. The highest BCUT2D eigenvalue weighted by molar-refractivity contribution is 9.09. The van der Waals surface area contributed by atoms with E-state index in [0.29, 0.717) is 12.3 Å². The second kappa shape index (κ2) is 9.17. The number of nitrogens with one attached hydrogen (secondary N) is 1. The highest BCUT2D eigenvalue weighted by Crippen LogP contribution is 2.12. The maximum Gasteiger partial charge on any atom is 0.224 e. The van der Waals surface area contributed by atoms with Crippen molar-refractivity contribution in [3.63, 3.8) is 0 Å². The molecule has 1 N–H and O–H groups in total. The standard InChI is InChI=1S/C17H26BrNO/c1-4-5-15(8-9-18)12-19-17(20)11-16-7-6-13(2)14(3)10-16/h6-7,10,15H,4-5,8-9,11-12H2,1-3H3,(H,19,20). The van der Waals surface area contributed by atoms with Crippen LogP contribution in [0, 0.1) is 19.8 Å². The molecule has 112 valence electrons. The summed E-state index contributed by atoms with van der Waals surface area (Å²) < 4.78 is 0. The highest BCUT2D eigenvalue weighted by atomic mass is 79.9. The molecule has 0 saturated carbocycles. The molecule has 3 heteroatoms. The number of benzene rings is 1. The Labute approximate surface area is 131 Å². The summed E-state index contributed by atoms with van der Waals surface area (Å²) in [4.78, 5) is 12.0. The molecule has 0 aliphatic heterocycles. The van der Waals surface area contributed by atoms with Gasteiger partial charge in [0.1, 0.15) is 0 Å². The van der Waals surface area contributed by atoms with Crippen LogP contribution in [0.15, 0.2) is 18.2 Å². The van der Waals surface area contributed by atoms with E-state index in [4.69, 9.17) is 0 Å². The Hall–Kier alpha value is -0.830. The van der Waals surface area contributed by atoms with Crippen LogP contribution in [0.2, 0.25) is 0 Å². The fourth-order valence-corrected chi connectivity index (χ4v) is 2.98. The minimum absolute atomic E-state index is 0.129. The minimum atomic E-state index is 0.129. The third-order valence-corrected chi connectivity index (χ3v) is 4.20. The lowest BCUT2D eigenvalue weighted by atomic mass is 10.0. The minimum Gasteiger partial charge on any atom is -0.356 e. The van der Waals surface area contributed by atoms with Gasteiger partial charge < -0.3 is 5.32 Å². The molecule has 1 atom stereocenters. The third kappa shape index (κ3) is 6.08. The second-order valence-electron chi connectivity index (χ2n) is 5.53. The number of carbonyl (C=O) groups is 1. The Morgan fingerprint density at radius 1 is 1.25 bits per heavy atom. The van der Waals surface area contributed by atoms with E-state index < -0.39 is 0 Å². The van der Waals surface area contributed by atoms with Gasteiger partial charge in [-0.25, -0.2) is 0 Å². The molecule has 1 aromatic carbocycles. The summed E-state index contributed by atoms with van der Waals surface area (Å²) in [5, 5.41) is 4.08. The molecule has 0 aromatic heterocycles. The average Bonchev–Trinajstić information content (AvgIpc) is 2.41. The van der Waals surface area contributed by atoms with Gasteiger partial charge in [0, 0.05) is 11.9 Å². The van der Waals surface area contributed by atoms with Crippen molar-refractivity contribution in [1.82, 2.24) is 5.32 Å². The lowest BCUT2D eigenvalue weighted by Crippen LogP contribution is -2.30. The van der Waals surface area contributed by atoms with Crippen LogP contribution in [0.4, 0.5) is 0 Å². The van der Waals surface area contributed by atoms with Gasteiger partial charge in [-0.05, 0) is 49.3 Å². The van der Waals surface area contributed by atoms with Gasteiger partial charge in [0.2, 0.25) is 5.91 Å². The first-order valence-electron chi connectivity index (χ1n) is 7.45. The van der Waals surface area contributed by atoms with Crippen molar-refractivity contribution in [3.05, 3.63) is 34.9 Å². The number of alkyl halides is 1. The summed E-state index contributed by atoms with van der Waals surface area (Å²) in [5.41, 5.74) is 3.62. The Morgan fingerprint density at radius 2 is 2.00 bits per heavy atom. The van der Waals surface area contributed by atoms with Crippen molar-refractivity contribution in [2.24, 2.45) is 5.92 Å². The van der Waals surface area contributed by atoms with E-state index >= 15 is 0 Å². The zero-order valence-electron chi connectivity index (χ0n) is 12.8. The van der Waals surface area contributed by atoms with E-state index in [1.807, 2.05) is 6.07 Å². The maximum absolute atomic E-state index is 12.0. The largest absolute Gasteiger partial charge is 0.356 e. The van der Waals surface area contributed by atoms with Crippen molar-refractivity contribution in [3.8, 4) is 0 Å². The monoisotopic (exact) mass is 339 g/mol. The van der Waals surface area contributed by atoms with Crippen molar-refractivity contribution >= 4 is 21.8 Å². The zero-order chi connectivity index (χ0) is 15.0. The smallest absolute Gasteiger partial charge is 0.224 e. The molecule has 20 heavy (non-hydrogen) atoms. The molecule has 1 rings (SSSR count). The van der Waals surface area contributed by atoms with Crippen LogP contribution in [0.25, 0.3) is 0 Å². The molecule has 0 aliphatic carbocycles. The molecule has 2 nitrogen and oxygen atoms in total. The van der Waals surface area contributed by atoms with Gasteiger partial charge in [-0.3, -0.25) is 4.79 Å². The molecule has 1 aromatic rings. The SMILES string of the molecule is CCCC(CCBr)CNC(=O)Cc1ccc(C)c(C)c1. The fourth-order valence-electron chi connectivity index (χ4n) is 2.33. The summed E-state index contributed by atoms with van der Waals surface area (Å²) in [6.45, 7) is 7.17. The highest BCUT2D eigenvalue weighted by Gasteiger charge is 2.10. The van der Waals surface area contributed by atoms with Gasteiger partial charge in [0.25, 0.3) is 0 Å². The first-order chi connectivity index (χ1) is 9.56. The Morgan fingerprint density at radius 3 is 2.60 bits per heavy atom. The van der Waals surface area contributed by atoms with E-state index in [-0.39, 0.29) is 5.91 Å². The van der Waals surface area contributed by atoms with Crippen LogP contribution < -0.4 is 5.32 Å².